The molecule has 0 spiro atoms. The van der Waals surface area contributed by atoms with Gasteiger partial charge in [0.1, 0.15) is 12.2 Å². The highest BCUT2D eigenvalue weighted by atomic mass is 16.8. The maximum atomic E-state index is 13.1. The van der Waals surface area contributed by atoms with Crippen molar-refractivity contribution < 1.29 is 205 Å². The fourth-order valence-corrected chi connectivity index (χ4v) is 11.6. The smallest absolute Gasteiger partial charge is 0.333 e. The molecule has 0 bridgehead atoms. The van der Waals surface area contributed by atoms with Gasteiger partial charge < -0.3 is 109 Å². The van der Waals surface area contributed by atoms with Crippen LogP contribution in [0.2, 0.25) is 0 Å². The number of hydrogen-bond acceptors (Lipinski definition) is 43. The van der Waals surface area contributed by atoms with Crippen molar-refractivity contribution >= 4 is 119 Å². The van der Waals surface area contributed by atoms with Gasteiger partial charge in [-0.05, 0) is 149 Å². The van der Waals surface area contributed by atoms with Crippen LogP contribution in [-0.2, 0) is 205 Å². The van der Waals surface area contributed by atoms with E-state index in [2.05, 4.69) is 65.8 Å². The van der Waals surface area contributed by atoms with Gasteiger partial charge in [-0.2, -0.15) is 0 Å². The van der Waals surface area contributed by atoms with E-state index in [1.54, 1.807) is 0 Å². The van der Waals surface area contributed by atoms with Gasteiger partial charge in [0, 0.05) is 123 Å². The van der Waals surface area contributed by atoms with Gasteiger partial charge in [-0.1, -0.05) is 65.8 Å². The summed E-state index contributed by atoms with van der Waals surface area (Å²) in [5, 5.41) is 0. The lowest BCUT2D eigenvalue weighted by molar-refractivity contribution is -0.275. The molecule has 3 aliphatic heterocycles. The van der Waals surface area contributed by atoms with Crippen molar-refractivity contribution in [2.24, 2.45) is 0 Å². The van der Waals surface area contributed by atoms with Crippen molar-refractivity contribution in [2.45, 2.75) is 288 Å². The summed E-state index contributed by atoms with van der Waals surface area (Å²) in [5.41, 5.74) is 0.845. The molecule has 3 rings (SSSR count). The number of carbonyl (C=O) groups excluding carboxylic acids is 20. The zero-order valence-electron chi connectivity index (χ0n) is 80.8. The second-order valence-electron chi connectivity index (χ2n) is 31.1. The summed E-state index contributed by atoms with van der Waals surface area (Å²) in [5.74, 6) is -12.1. The predicted octanol–water partition coefficient (Wildman–Crippen LogP) is 9.99. The minimum Gasteiger partial charge on any atom is -0.463 e. The van der Waals surface area contributed by atoms with E-state index in [0.717, 1.165) is 42.5 Å². The van der Waals surface area contributed by atoms with Crippen LogP contribution in [-0.4, -0.2) is 267 Å². The minimum absolute atomic E-state index is 0.0133. The van der Waals surface area contributed by atoms with Crippen LogP contribution in [0.4, 0.5) is 0 Å². The van der Waals surface area contributed by atoms with E-state index >= 15 is 0 Å². The Bertz CT molecular complexity index is 4040. The first-order chi connectivity index (χ1) is 67.4. The molecule has 10 atom stereocenters. The molecule has 43 nitrogen and oxygen atoms in total. The first kappa shape index (κ1) is 126. The van der Waals surface area contributed by atoms with E-state index in [0.29, 0.717) is 103 Å². The molecule has 141 heavy (non-hydrogen) atoms. The summed E-state index contributed by atoms with van der Waals surface area (Å²) in [6.07, 6.45) is 2.08. The van der Waals surface area contributed by atoms with Gasteiger partial charge in [0.25, 0.3) is 0 Å². The summed E-state index contributed by atoms with van der Waals surface area (Å²) in [6, 6.07) is 0. The van der Waals surface area contributed by atoms with Crippen LogP contribution in [0.5, 0.6) is 0 Å². The van der Waals surface area contributed by atoms with E-state index < -0.39 is 188 Å². The van der Waals surface area contributed by atoms with E-state index in [1.807, 2.05) is 0 Å². The van der Waals surface area contributed by atoms with E-state index in [9.17, 15) is 95.9 Å². The number of ether oxygens (including phenoxy) is 23. The molecular weight excluding hydrogens is 1870 g/mol. The fourth-order valence-electron chi connectivity index (χ4n) is 11.6. The highest BCUT2D eigenvalue weighted by Crippen LogP contribution is 2.30. The molecule has 0 aliphatic carbocycles. The Balaban J connectivity index is 0.00000107. The van der Waals surface area contributed by atoms with Crippen LogP contribution in [0.3, 0.4) is 0 Å². The molecule has 3 saturated heterocycles. The molecule has 0 aromatic carbocycles. The largest absolute Gasteiger partial charge is 0.463 e. The van der Waals surface area contributed by atoms with Gasteiger partial charge in [-0.3, -0.25) is 47.9 Å². The number of carbonyl (C=O) groups is 20. The second kappa shape index (κ2) is 77.5. The number of hydrogen-bond donors (Lipinski definition) is 0. The summed E-state index contributed by atoms with van der Waals surface area (Å²) in [6.45, 7) is 38.4. The SMILES string of the molecule is C=C(C)C(=O)OCCCCC(=O)OC1C[C@H](OC(=O)CCCCOC(=O)C(=C)C)[C@H](OC(=O)CCCCOC(=O)C(=C)C)CO1.C=CC(=O)OCCCCC(=O)OC1C[C@H](OC(=O)CCCCOC(=O)C=C)[C@H](OC(=O)CCCCOC(=O)C=C)CO1.C=CC(=O)OCCCCC(=O)OC1OC[C@@H](OC(=O)CCCCOC(=O)C=C)[C@H](OC(=O)CCCCOC(=O)C=C)[C@H]1OC(=O)CCCCOC(=O)C=C. The molecule has 3 fully saturated rings. The number of esters is 20. The predicted molar refractivity (Wildman–Crippen MR) is 490 cm³/mol. The summed E-state index contributed by atoms with van der Waals surface area (Å²) >= 11 is 0. The van der Waals surface area contributed by atoms with Crippen molar-refractivity contribution in [1.82, 2.24) is 0 Å². The Hall–Kier alpha value is -13.3. The lowest BCUT2D eigenvalue weighted by Gasteiger charge is -2.40. The van der Waals surface area contributed by atoms with E-state index in [4.69, 9.17) is 109 Å². The Morgan fingerprint density at radius 2 is 0.404 bits per heavy atom. The van der Waals surface area contributed by atoms with Crippen molar-refractivity contribution in [1.29, 1.82) is 0 Å². The molecule has 3 heterocycles. The molecule has 3 aliphatic rings. The quantitative estimate of drug-likeness (QED) is 0.0236. The van der Waals surface area contributed by atoms with Gasteiger partial charge >= 0.3 is 119 Å². The minimum atomic E-state index is -1.59. The topological polar surface area (TPSA) is 554 Å². The summed E-state index contributed by atoms with van der Waals surface area (Å²) in [4.78, 5) is 239. The Morgan fingerprint density at radius 1 is 0.220 bits per heavy atom. The lowest BCUT2D eigenvalue weighted by Crippen LogP contribution is -2.58. The molecule has 0 aromatic heterocycles. The molecule has 43 heteroatoms. The second-order valence-corrected chi connectivity index (χ2v) is 31.1. The van der Waals surface area contributed by atoms with Crippen LogP contribution < -0.4 is 0 Å². The fraction of sp³-hybridized carbons (Fsp3) is 0.592. The standard InChI is InChI=1S/C37H50O17.C32H46O13.C29H40O13/c1-5-27(38)46-21-13-9-17-31(42)51-26-25-50-37(54-34(45)20-12-16-24-49-30(41)8-4)36(53-33(44)19-11-15-23-48-29(40)7-3)35(26)52-32(43)18-10-14-22-47-28(39)6-2;1-21(2)30(36)39-16-10-7-13-26(33)43-24-19-29(45-28(35)15-9-12-18-41-32(38)23(5)6)42-20-25(24)44-27(34)14-8-11-17-40-31(37)22(3)4;1-4-23(30)36-16-10-7-13-26(33)40-21-19-29(42-28(35)15-9-12-18-38-25(32)6-3)39-20-22(21)41-27(34)14-8-11-17-37-24(31)5-2/h5-8,26,35-37H,1-4,9-25H2;24-25,29H,1,3,5,7-20H2,2,4,6H3;4-6,21-22,29H,1-3,7-20H2/t26-,35+,36-,37?;24-,25+,29?;21-,22+,29?/m100/s1. The first-order valence-corrected chi connectivity index (χ1v) is 46.2. The molecule has 3 unspecified atom stereocenters. The van der Waals surface area contributed by atoms with E-state index in [1.165, 1.54) is 20.8 Å². The van der Waals surface area contributed by atoms with Gasteiger partial charge in [0.05, 0.1) is 98.7 Å². The van der Waals surface area contributed by atoms with E-state index in [-0.39, 0.29) is 199 Å². The third-order valence-corrected chi connectivity index (χ3v) is 19.1. The highest BCUT2D eigenvalue weighted by Gasteiger charge is 2.50. The van der Waals surface area contributed by atoms with Gasteiger partial charge in [0.2, 0.25) is 25.0 Å². The molecule has 786 valence electrons. The summed E-state index contributed by atoms with van der Waals surface area (Å²) < 4.78 is 121. The monoisotopic (exact) mass is 2000 g/mol. The highest BCUT2D eigenvalue weighted by molar-refractivity contribution is 5.88. The maximum absolute atomic E-state index is 13.1. The maximum Gasteiger partial charge on any atom is 0.333 e. The molecular formula is C98H136O43. The Labute approximate surface area is 819 Å². The third kappa shape index (κ3) is 63.8. The molecule has 0 aromatic rings. The molecule has 0 amide bonds. The lowest BCUT2D eigenvalue weighted by atomic mass is 10.0. The van der Waals surface area contributed by atoms with Crippen LogP contribution in [0.15, 0.2) is 125 Å². The summed E-state index contributed by atoms with van der Waals surface area (Å²) in [7, 11) is 0. The van der Waals surface area contributed by atoms with Crippen molar-refractivity contribution in [3.63, 3.8) is 0 Å². The van der Waals surface area contributed by atoms with Gasteiger partial charge in [-0.25, -0.2) is 47.9 Å². The zero-order valence-corrected chi connectivity index (χ0v) is 80.8. The van der Waals surface area contributed by atoms with Gasteiger partial charge in [0.15, 0.2) is 24.4 Å². The average molecular weight is 2000 g/mol. The van der Waals surface area contributed by atoms with Crippen LogP contribution >= 0.6 is 0 Å². The van der Waals surface area contributed by atoms with Crippen LogP contribution in [0.25, 0.3) is 0 Å². The van der Waals surface area contributed by atoms with Crippen LogP contribution in [0, 0.1) is 0 Å². The average Bonchev–Trinajstić information content (AvgIpc) is 0.796. The normalized spacial score (nSPS) is 17.4. The first-order valence-electron chi connectivity index (χ1n) is 46.2. The Morgan fingerprint density at radius 3 is 0.631 bits per heavy atom. The zero-order chi connectivity index (χ0) is 105. The van der Waals surface area contributed by atoms with Crippen molar-refractivity contribution in [3.8, 4) is 0 Å². The number of unbranched alkanes of at least 4 members (excludes halogenated alkanes) is 10. The van der Waals surface area contributed by atoms with Gasteiger partial charge in [-0.15, -0.1) is 0 Å². The molecule has 0 N–H and O–H groups in total. The van der Waals surface area contributed by atoms with Crippen molar-refractivity contribution in [2.75, 3.05) is 85.9 Å². The van der Waals surface area contributed by atoms with Crippen molar-refractivity contribution in [3.05, 3.63) is 125 Å². The number of rotatable bonds is 70. The Kier molecular flexibility index (Phi) is 69.1. The van der Waals surface area contributed by atoms with Crippen LogP contribution in [0.1, 0.15) is 226 Å². The molecule has 0 radical (unpaired) electrons. The molecule has 0 saturated carbocycles. The third-order valence-electron chi connectivity index (χ3n) is 19.1.